The van der Waals surface area contributed by atoms with E-state index in [1.807, 2.05) is 32.1 Å². The van der Waals surface area contributed by atoms with Crippen molar-refractivity contribution in [3.63, 3.8) is 0 Å². The van der Waals surface area contributed by atoms with E-state index >= 15 is 0 Å². The first-order valence-electron chi connectivity index (χ1n) is 12.6. The Balaban J connectivity index is 2.21. The van der Waals surface area contributed by atoms with E-state index in [0.717, 1.165) is 24.8 Å². The van der Waals surface area contributed by atoms with Gasteiger partial charge in [-0.25, -0.2) is 0 Å². The number of carboxylic acid groups (broad SMARTS) is 1. The number of allylic oxidation sites excluding steroid dienone is 2. The summed E-state index contributed by atoms with van der Waals surface area (Å²) in [5.74, 6) is -1.10. The number of esters is 1. The van der Waals surface area contributed by atoms with Crippen molar-refractivity contribution in [2.75, 3.05) is 0 Å². The maximum Gasteiger partial charge on any atom is 0.308 e. The number of aliphatic hydroxyl groups excluding tert-OH is 2. The molecule has 0 aromatic rings. The van der Waals surface area contributed by atoms with E-state index in [0.29, 0.717) is 31.1 Å². The van der Waals surface area contributed by atoms with E-state index < -0.39 is 36.2 Å². The molecular formula is C27H44O6. The summed E-state index contributed by atoms with van der Waals surface area (Å²) in [5.41, 5.74) is 0.887. The third kappa shape index (κ3) is 8.25. The molecule has 0 spiro atoms. The summed E-state index contributed by atoms with van der Waals surface area (Å²) in [6.45, 7) is 10.3. The lowest BCUT2D eigenvalue weighted by Crippen LogP contribution is -2.42. The molecule has 0 aromatic carbocycles. The van der Waals surface area contributed by atoms with Crippen molar-refractivity contribution in [2.45, 2.75) is 97.9 Å². The molecule has 0 aromatic heterocycles. The molecule has 6 heteroatoms. The van der Waals surface area contributed by atoms with Crippen LogP contribution in [0.3, 0.4) is 0 Å². The number of hydrogen-bond acceptors (Lipinski definition) is 5. The number of ether oxygens (including phenoxy) is 1. The van der Waals surface area contributed by atoms with Crippen LogP contribution in [0.25, 0.3) is 0 Å². The summed E-state index contributed by atoms with van der Waals surface area (Å²) in [6.07, 6.45) is 8.16. The van der Waals surface area contributed by atoms with Gasteiger partial charge in [-0.1, -0.05) is 45.9 Å². The Labute approximate surface area is 199 Å². The highest BCUT2D eigenvalue weighted by Gasteiger charge is 2.43. The lowest BCUT2D eigenvalue weighted by Gasteiger charge is -2.38. The van der Waals surface area contributed by atoms with Crippen LogP contribution in [0.1, 0.15) is 79.6 Å². The van der Waals surface area contributed by atoms with Crippen LogP contribution in [0.15, 0.2) is 23.8 Å². The van der Waals surface area contributed by atoms with Crippen molar-refractivity contribution in [1.29, 1.82) is 0 Å². The van der Waals surface area contributed by atoms with E-state index in [1.54, 1.807) is 0 Å². The van der Waals surface area contributed by atoms with Gasteiger partial charge >= 0.3 is 11.9 Å². The van der Waals surface area contributed by atoms with E-state index in [4.69, 9.17) is 4.74 Å². The van der Waals surface area contributed by atoms with Gasteiger partial charge in [0, 0.05) is 12.3 Å². The summed E-state index contributed by atoms with van der Waals surface area (Å²) in [6, 6.07) is 0. The molecule has 188 valence electrons. The number of carboxylic acids is 1. The lowest BCUT2D eigenvalue weighted by molar-refractivity contribution is -0.165. The monoisotopic (exact) mass is 464 g/mol. The van der Waals surface area contributed by atoms with Crippen molar-refractivity contribution in [1.82, 2.24) is 0 Å². The second-order valence-electron chi connectivity index (χ2n) is 10.9. The molecule has 0 radical (unpaired) electrons. The van der Waals surface area contributed by atoms with Crippen LogP contribution in [0.2, 0.25) is 0 Å². The van der Waals surface area contributed by atoms with Gasteiger partial charge in [-0.15, -0.1) is 0 Å². The normalized spacial score (nSPS) is 42.6. The largest absolute Gasteiger partial charge is 0.481 e. The molecule has 1 aliphatic carbocycles. The molecule has 0 saturated heterocycles. The van der Waals surface area contributed by atoms with Crippen LogP contribution < -0.4 is 0 Å². The zero-order valence-electron chi connectivity index (χ0n) is 20.9. The molecule has 0 amide bonds. The van der Waals surface area contributed by atoms with Crippen LogP contribution in [-0.4, -0.2) is 45.6 Å². The summed E-state index contributed by atoms with van der Waals surface area (Å²) < 4.78 is 5.72. The first-order valence-corrected chi connectivity index (χ1v) is 12.6. The maximum absolute atomic E-state index is 12.6. The Morgan fingerprint density at radius 3 is 2.21 bits per heavy atom. The topological polar surface area (TPSA) is 104 Å². The molecular weight excluding hydrogens is 420 g/mol. The van der Waals surface area contributed by atoms with Crippen molar-refractivity contribution in [3.05, 3.63) is 23.8 Å². The van der Waals surface area contributed by atoms with Gasteiger partial charge in [0.15, 0.2) is 0 Å². The van der Waals surface area contributed by atoms with Gasteiger partial charge in [0.1, 0.15) is 6.10 Å². The third-order valence-electron chi connectivity index (χ3n) is 7.66. The fourth-order valence-corrected chi connectivity index (χ4v) is 5.59. The average Bonchev–Trinajstić information content (AvgIpc) is 2.67. The van der Waals surface area contributed by atoms with Crippen LogP contribution in [-0.2, 0) is 14.3 Å². The van der Waals surface area contributed by atoms with E-state index in [9.17, 15) is 24.9 Å². The Bertz CT molecular complexity index is 713. The fraction of sp³-hybridized carbons (Fsp3) is 0.778. The van der Waals surface area contributed by atoms with Gasteiger partial charge in [-0.3, -0.25) is 9.59 Å². The van der Waals surface area contributed by atoms with E-state index in [-0.39, 0.29) is 24.2 Å². The standard InChI is InChI=1S/C27H44O6/c1-16-12-17(2)14-20(5)26(30)18(3)8-6-7-9-24(21-10-11-22(21)27(31)32)33-25(29)15-23(28)19(4)13-16/h6-8,16-17,19-24,26,28,30H,9-15H2,1-5H3,(H,31,32)/b7-6+,18-8-/t16-,17+,19-,20-,21+,22+,23-,24-,26-/m0/s1. The average molecular weight is 465 g/mol. The van der Waals surface area contributed by atoms with Gasteiger partial charge in [0.2, 0.25) is 0 Å². The van der Waals surface area contributed by atoms with E-state index in [2.05, 4.69) is 20.8 Å². The molecule has 6 nitrogen and oxygen atoms in total. The first kappa shape index (κ1) is 27.6. The zero-order valence-corrected chi connectivity index (χ0v) is 20.9. The molecule has 1 fully saturated rings. The minimum atomic E-state index is -0.851. The number of rotatable bonds is 2. The van der Waals surface area contributed by atoms with Crippen LogP contribution >= 0.6 is 0 Å². The smallest absolute Gasteiger partial charge is 0.308 e. The van der Waals surface area contributed by atoms with Crippen LogP contribution in [0, 0.1) is 35.5 Å². The number of carbonyl (C=O) groups excluding carboxylic acids is 1. The molecule has 9 atom stereocenters. The summed E-state index contributed by atoms with van der Waals surface area (Å²) in [7, 11) is 0. The van der Waals surface area contributed by atoms with Crippen molar-refractivity contribution >= 4 is 11.9 Å². The number of carbonyl (C=O) groups is 2. The van der Waals surface area contributed by atoms with Gasteiger partial charge in [0.25, 0.3) is 0 Å². The summed E-state index contributed by atoms with van der Waals surface area (Å²) in [4.78, 5) is 24.2. The predicted molar refractivity (Wildman–Crippen MR) is 128 cm³/mol. The van der Waals surface area contributed by atoms with Gasteiger partial charge in [0.05, 0.1) is 24.5 Å². The lowest BCUT2D eigenvalue weighted by atomic mass is 9.70. The molecule has 3 N–H and O–H groups in total. The molecule has 0 unspecified atom stereocenters. The van der Waals surface area contributed by atoms with Gasteiger partial charge < -0.3 is 20.1 Å². The predicted octanol–water partition coefficient (Wildman–Crippen LogP) is 4.74. The minimum absolute atomic E-state index is 0.0411. The Kier molecular flexibility index (Phi) is 10.6. The van der Waals surface area contributed by atoms with Crippen LogP contribution in [0.4, 0.5) is 0 Å². The highest BCUT2D eigenvalue weighted by atomic mass is 16.5. The second kappa shape index (κ2) is 12.7. The third-order valence-corrected chi connectivity index (χ3v) is 7.66. The summed E-state index contributed by atoms with van der Waals surface area (Å²) >= 11 is 0. The molecule has 2 rings (SSSR count). The molecule has 1 saturated carbocycles. The van der Waals surface area contributed by atoms with Gasteiger partial charge in [-0.05, 0) is 68.3 Å². The second-order valence-corrected chi connectivity index (χ2v) is 10.9. The van der Waals surface area contributed by atoms with Gasteiger partial charge in [-0.2, -0.15) is 0 Å². The van der Waals surface area contributed by atoms with Crippen molar-refractivity contribution < 1.29 is 29.6 Å². The maximum atomic E-state index is 12.6. The number of aliphatic hydroxyl groups is 2. The summed E-state index contributed by atoms with van der Waals surface area (Å²) in [5, 5.41) is 30.8. The Morgan fingerprint density at radius 2 is 1.64 bits per heavy atom. The molecule has 1 heterocycles. The van der Waals surface area contributed by atoms with Crippen molar-refractivity contribution in [2.24, 2.45) is 35.5 Å². The number of aliphatic carboxylic acids is 1. The first-order chi connectivity index (χ1) is 15.5. The van der Waals surface area contributed by atoms with E-state index in [1.165, 1.54) is 0 Å². The quantitative estimate of drug-likeness (QED) is 0.510. The van der Waals surface area contributed by atoms with Crippen LogP contribution in [0.5, 0.6) is 0 Å². The molecule has 0 bridgehead atoms. The zero-order chi connectivity index (χ0) is 24.7. The minimum Gasteiger partial charge on any atom is -0.481 e. The molecule has 2 aliphatic rings. The number of hydrogen-bond donors (Lipinski definition) is 3. The SMILES string of the molecule is C/C1=C/C=C/C[C@@H]([C@@H]2CC[C@H]2C(=O)O)OC(=O)C[C@H](O)[C@@H](C)C[C@@H](C)C[C@@H](C)C[C@H](C)[C@H]1O. The Morgan fingerprint density at radius 1 is 1.00 bits per heavy atom. The fourth-order valence-electron chi connectivity index (χ4n) is 5.59. The van der Waals surface area contributed by atoms with Crippen molar-refractivity contribution in [3.8, 4) is 0 Å². The molecule has 33 heavy (non-hydrogen) atoms. The highest BCUT2D eigenvalue weighted by molar-refractivity contribution is 5.72. The Hall–Kier alpha value is -1.66. The highest BCUT2D eigenvalue weighted by Crippen LogP contribution is 2.40. The molecule has 1 aliphatic heterocycles. The number of cyclic esters (lactones) is 1.